The van der Waals surface area contributed by atoms with Crippen molar-refractivity contribution in [3.05, 3.63) is 0 Å². The van der Waals surface area contributed by atoms with E-state index in [1.54, 1.807) is 0 Å². The Morgan fingerprint density at radius 3 is 1.41 bits per heavy atom. The van der Waals surface area contributed by atoms with E-state index in [4.69, 9.17) is 0 Å². The van der Waals surface area contributed by atoms with Crippen molar-refractivity contribution in [3.63, 3.8) is 0 Å². The predicted molar refractivity (Wildman–Crippen MR) is 102 cm³/mol. The molecule has 3 nitrogen and oxygen atoms in total. The van der Waals surface area contributed by atoms with Crippen LogP contribution in [0.2, 0.25) is 0 Å². The lowest BCUT2D eigenvalue weighted by atomic mass is 10.1. The molecule has 1 saturated heterocycles. The van der Waals surface area contributed by atoms with Gasteiger partial charge in [-0.05, 0) is 37.2 Å². The molecule has 0 aromatic carbocycles. The lowest BCUT2D eigenvalue weighted by Gasteiger charge is -2.18. The molecule has 0 radical (unpaired) electrons. The number of unbranched alkanes of at least 4 members (excludes halogenated alkanes) is 8. The third-order valence-electron chi connectivity index (χ3n) is 4.35. The van der Waals surface area contributed by atoms with Gasteiger partial charge in [-0.2, -0.15) is 25.3 Å². The van der Waals surface area contributed by atoms with E-state index in [1.807, 2.05) is 9.80 Å². The lowest BCUT2D eigenvalue weighted by molar-refractivity contribution is 0.190. The molecule has 0 spiro atoms. The van der Waals surface area contributed by atoms with Gasteiger partial charge in [-0.1, -0.05) is 38.5 Å². The number of thiol groups is 2. The number of hydrogen-bond donors (Lipinski definition) is 2. The van der Waals surface area contributed by atoms with Crippen molar-refractivity contribution in [1.29, 1.82) is 0 Å². The molecule has 0 atom stereocenters. The Bertz CT molecular complexity index is 264. The molecule has 0 aliphatic carbocycles. The minimum Gasteiger partial charge on any atom is -0.323 e. The number of nitrogens with zero attached hydrogens (tertiary/aromatic N) is 2. The van der Waals surface area contributed by atoms with Crippen LogP contribution in [0.1, 0.15) is 64.2 Å². The molecule has 1 fully saturated rings. The summed E-state index contributed by atoms with van der Waals surface area (Å²) in [5, 5.41) is 0. The SMILES string of the molecule is O=C1N(CCCCCCCS)CCN1CCCCCCCS. The molecule has 1 aliphatic heterocycles. The van der Waals surface area contributed by atoms with Crippen LogP contribution in [0.15, 0.2) is 0 Å². The van der Waals surface area contributed by atoms with Crippen LogP contribution in [0.4, 0.5) is 4.79 Å². The smallest absolute Gasteiger partial charge is 0.320 e. The van der Waals surface area contributed by atoms with E-state index < -0.39 is 0 Å². The summed E-state index contributed by atoms with van der Waals surface area (Å²) < 4.78 is 0. The highest BCUT2D eigenvalue weighted by Crippen LogP contribution is 2.13. The zero-order valence-corrected chi connectivity index (χ0v) is 15.8. The number of amides is 2. The first-order valence-corrected chi connectivity index (χ1v) is 10.3. The van der Waals surface area contributed by atoms with Crippen molar-refractivity contribution < 1.29 is 4.79 Å². The summed E-state index contributed by atoms with van der Waals surface area (Å²) in [6.45, 7) is 3.74. The standard InChI is InChI=1S/C17H34N2OS2/c20-17-18(11-7-3-1-5-9-15-21)13-14-19(17)12-8-4-2-6-10-16-22/h21-22H,1-16H2. The van der Waals surface area contributed by atoms with Crippen LogP contribution in [-0.2, 0) is 0 Å². The molecule has 5 heteroatoms. The highest BCUT2D eigenvalue weighted by molar-refractivity contribution is 7.80. The molecule has 0 aromatic heterocycles. The van der Waals surface area contributed by atoms with Gasteiger partial charge in [0.25, 0.3) is 0 Å². The largest absolute Gasteiger partial charge is 0.323 e. The molecule has 0 unspecified atom stereocenters. The Morgan fingerprint density at radius 1 is 0.636 bits per heavy atom. The first kappa shape index (κ1) is 20.0. The Kier molecular flexibility index (Phi) is 12.2. The molecule has 1 rings (SSSR count). The van der Waals surface area contributed by atoms with Crippen molar-refractivity contribution in [2.24, 2.45) is 0 Å². The minimum atomic E-state index is 0.269. The summed E-state index contributed by atoms with van der Waals surface area (Å²) in [5.74, 6) is 1.99. The highest BCUT2D eigenvalue weighted by Gasteiger charge is 2.26. The summed E-state index contributed by atoms with van der Waals surface area (Å²) in [6, 6.07) is 0.269. The van der Waals surface area contributed by atoms with Gasteiger partial charge in [0.2, 0.25) is 0 Å². The Morgan fingerprint density at radius 2 is 1.00 bits per heavy atom. The van der Waals surface area contributed by atoms with Crippen molar-refractivity contribution >= 4 is 31.3 Å². The van der Waals surface area contributed by atoms with Gasteiger partial charge in [0.1, 0.15) is 0 Å². The molecule has 1 aliphatic rings. The van der Waals surface area contributed by atoms with Crippen molar-refractivity contribution in [2.75, 3.05) is 37.7 Å². The number of carbonyl (C=O) groups is 1. The molecule has 0 saturated carbocycles. The molecular weight excluding hydrogens is 312 g/mol. The van der Waals surface area contributed by atoms with Crippen LogP contribution in [0, 0.1) is 0 Å². The number of carbonyl (C=O) groups excluding carboxylic acids is 1. The zero-order valence-electron chi connectivity index (χ0n) is 14.0. The summed E-state index contributed by atoms with van der Waals surface area (Å²) in [5.41, 5.74) is 0. The monoisotopic (exact) mass is 346 g/mol. The van der Waals surface area contributed by atoms with Gasteiger partial charge >= 0.3 is 6.03 Å². The van der Waals surface area contributed by atoms with E-state index in [0.29, 0.717) is 0 Å². The van der Waals surface area contributed by atoms with E-state index in [0.717, 1.165) is 50.5 Å². The van der Waals surface area contributed by atoms with Gasteiger partial charge < -0.3 is 9.80 Å². The van der Waals surface area contributed by atoms with E-state index in [2.05, 4.69) is 25.3 Å². The summed E-state index contributed by atoms with van der Waals surface area (Å²) in [7, 11) is 0. The average Bonchev–Trinajstić information content (AvgIpc) is 2.87. The van der Waals surface area contributed by atoms with Crippen LogP contribution in [-0.4, -0.2) is 53.5 Å². The Labute approximate surface area is 148 Å². The number of hydrogen-bond acceptors (Lipinski definition) is 3. The second kappa shape index (κ2) is 13.4. The molecular formula is C17H34N2OS2. The predicted octanol–water partition coefficient (Wildman–Crippen LogP) is 4.48. The van der Waals surface area contributed by atoms with Crippen molar-refractivity contribution in [3.8, 4) is 0 Å². The first-order valence-electron chi connectivity index (χ1n) is 9.05. The quantitative estimate of drug-likeness (QED) is 0.351. The maximum absolute atomic E-state index is 12.3. The number of rotatable bonds is 14. The molecule has 2 amide bonds. The van der Waals surface area contributed by atoms with Gasteiger partial charge in [-0.15, -0.1) is 0 Å². The minimum absolute atomic E-state index is 0.269. The summed E-state index contributed by atoms with van der Waals surface area (Å²) >= 11 is 8.46. The van der Waals surface area contributed by atoms with E-state index in [1.165, 1.54) is 51.4 Å². The lowest BCUT2D eigenvalue weighted by Crippen LogP contribution is -2.33. The highest BCUT2D eigenvalue weighted by atomic mass is 32.1. The molecule has 22 heavy (non-hydrogen) atoms. The molecule has 130 valence electrons. The molecule has 0 aromatic rings. The van der Waals surface area contributed by atoms with Crippen LogP contribution in [0.25, 0.3) is 0 Å². The van der Waals surface area contributed by atoms with Gasteiger partial charge in [0.15, 0.2) is 0 Å². The third-order valence-corrected chi connectivity index (χ3v) is 4.99. The molecule has 0 bridgehead atoms. The number of urea groups is 1. The second-order valence-corrected chi connectivity index (χ2v) is 7.13. The van der Waals surface area contributed by atoms with Gasteiger partial charge in [0, 0.05) is 26.2 Å². The van der Waals surface area contributed by atoms with E-state index >= 15 is 0 Å². The maximum Gasteiger partial charge on any atom is 0.320 e. The Hall–Kier alpha value is -0.0300. The van der Waals surface area contributed by atoms with E-state index in [-0.39, 0.29) is 6.03 Å². The van der Waals surface area contributed by atoms with E-state index in [9.17, 15) is 4.79 Å². The fourth-order valence-electron chi connectivity index (χ4n) is 2.94. The zero-order chi connectivity index (χ0) is 16.0. The van der Waals surface area contributed by atoms with Crippen molar-refractivity contribution in [2.45, 2.75) is 64.2 Å². The third kappa shape index (κ3) is 8.56. The van der Waals surface area contributed by atoms with Crippen LogP contribution in [0.3, 0.4) is 0 Å². The maximum atomic E-state index is 12.3. The second-order valence-electron chi connectivity index (χ2n) is 6.24. The normalized spacial score (nSPS) is 15.1. The summed E-state index contributed by atoms with van der Waals surface area (Å²) in [6.07, 6.45) is 12.3. The average molecular weight is 347 g/mol. The van der Waals surface area contributed by atoms with Crippen LogP contribution < -0.4 is 0 Å². The van der Waals surface area contributed by atoms with Gasteiger partial charge in [-0.25, -0.2) is 4.79 Å². The first-order chi connectivity index (χ1) is 10.8. The molecule has 0 N–H and O–H groups in total. The van der Waals surface area contributed by atoms with Crippen molar-refractivity contribution in [1.82, 2.24) is 9.80 Å². The Balaban J connectivity index is 2.02. The fraction of sp³-hybridized carbons (Fsp3) is 0.941. The van der Waals surface area contributed by atoms with Crippen LogP contribution >= 0.6 is 25.3 Å². The van der Waals surface area contributed by atoms with Gasteiger partial charge in [0.05, 0.1) is 0 Å². The summed E-state index contributed by atoms with van der Waals surface area (Å²) in [4.78, 5) is 16.4. The molecule has 1 heterocycles. The topological polar surface area (TPSA) is 23.6 Å². The van der Waals surface area contributed by atoms with Crippen LogP contribution in [0.5, 0.6) is 0 Å². The van der Waals surface area contributed by atoms with Gasteiger partial charge in [-0.3, -0.25) is 0 Å². The fourth-order valence-corrected chi connectivity index (χ4v) is 3.38.